The van der Waals surface area contributed by atoms with E-state index >= 15 is 0 Å². The number of amides is 1. The van der Waals surface area contributed by atoms with Gasteiger partial charge in [-0.2, -0.15) is 26.3 Å². The van der Waals surface area contributed by atoms with Crippen molar-refractivity contribution in [1.82, 2.24) is 4.90 Å². The fourth-order valence-corrected chi connectivity index (χ4v) is 10.1. The van der Waals surface area contributed by atoms with E-state index in [1.807, 2.05) is 0 Å². The van der Waals surface area contributed by atoms with E-state index in [0.29, 0.717) is 41.8 Å². The third kappa shape index (κ3) is 4.65. The minimum atomic E-state index is -6.35. The molecule has 3 unspecified atom stereocenters. The molecule has 0 bridgehead atoms. The summed E-state index contributed by atoms with van der Waals surface area (Å²) in [5.74, 6) is -0.236. The fraction of sp³-hybridized carbons (Fsp3) is 0.500. The molecule has 3 aliphatic rings. The summed E-state index contributed by atoms with van der Waals surface area (Å²) >= 11 is 0. The van der Waals surface area contributed by atoms with E-state index in [1.165, 1.54) is 29.2 Å². The zero-order chi connectivity index (χ0) is 30.9. The number of rotatable bonds is 4. The zero-order valence-electron chi connectivity index (χ0n) is 21.8. The Morgan fingerprint density at radius 3 is 2.14 bits per heavy atom. The molecular formula is C26H26F7N2O4PS2. The minimum Gasteiger partial charge on any atom is -0.383 e. The molecule has 1 N–H and O–H groups in total. The molecule has 0 saturated carbocycles. The number of hydrogen-bond acceptors (Lipinski definition) is 5. The van der Waals surface area contributed by atoms with Crippen LogP contribution in [0, 0.1) is 5.92 Å². The van der Waals surface area contributed by atoms with Crippen molar-refractivity contribution in [1.29, 1.82) is 0 Å². The molecule has 0 aromatic heterocycles. The van der Waals surface area contributed by atoms with Gasteiger partial charge in [0.15, 0.2) is 9.84 Å². The predicted octanol–water partition coefficient (Wildman–Crippen LogP) is 4.33. The van der Waals surface area contributed by atoms with Gasteiger partial charge in [0.1, 0.15) is 4.75 Å². The standard InChI is InChI=1S/C26H26F7N2O4PS2/c27-24(25(28,29)30,26(31,32)33)16-1-6-19-20(13-16)34-14-21-23(19,42(38,39)18-4-2-17(40)3-5-18)9-10-35(21)22(36)15-7-11-41(37)12-8-15/h1-6,13,15,21,34H,7-12,14,40H2. The molecule has 3 atom stereocenters. The zero-order valence-corrected chi connectivity index (χ0v) is 24.6. The Bertz CT molecular complexity index is 1510. The molecule has 2 fully saturated rings. The average Bonchev–Trinajstić information content (AvgIpc) is 3.33. The second kappa shape index (κ2) is 10.4. The van der Waals surface area contributed by atoms with E-state index in [0.717, 1.165) is 6.07 Å². The summed E-state index contributed by atoms with van der Waals surface area (Å²) in [7, 11) is -3.10. The average molecular weight is 659 g/mol. The lowest BCUT2D eigenvalue weighted by Gasteiger charge is -2.44. The van der Waals surface area contributed by atoms with Crippen LogP contribution < -0.4 is 10.6 Å². The molecule has 3 aliphatic heterocycles. The van der Waals surface area contributed by atoms with Crippen LogP contribution in [-0.4, -0.2) is 66.4 Å². The molecule has 230 valence electrons. The number of carbonyl (C=O) groups is 1. The lowest BCUT2D eigenvalue weighted by molar-refractivity contribution is -0.348. The van der Waals surface area contributed by atoms with E-state index in [4.69, 9.17) is 0 Å². The highest BCUT2D eigenvalue weighted by molar-refractivity contribution is 7.92. The van der Waals surface area contributed by atoms with Crippen molar-refractivity contribution in [2.24, 2.45) is 5.92 Å². The number of hydrogen-bond donors (Lipinski definition) is 1. The number of nitrogens with one attached hydrogen (secondary N) is 1. The first kappa shape index (κ1) is 31.2. The maximum absolute atomic E-state index is 14.9. The summed E-state index contributed by atoms with van der Waals surface area (Å²) in [5.41, 5.74) is -7.99. The molecule has 0 aliphatic carbocycles. The van der Waals surface area contributed by atoms with Crippen LogP contribution in [-0.2, 0) is 35.8 Å². The number of anilines is 1. The first-order chi connectivity index (χ1) is 19.4. The van der Waals surface area contributed by atoms with Gasteiger partial charge in [0.05, 0.1) is 10.9 Å². The lowest BCUT2D eigenvalue weighted by Crippen LogP contribution is -2.56. The number of nitrogens with zero attached hydrogens (tertiary/aromatic N) is 1. The second-order valence-electron chi connectivity index (χ2n) is 10.7. The van der Waals surface area contributed by atoms with Crippen molar-refractivity contribution in [2.75, 3.05) is 29.9 Å². The summed E-state index contributed by atoms with van der Waals surface area (Å²) in [6.07, 6.45) is -12.2. The molecule has 5 rings (SSSR count). The quantitative estimate of drug-likeness (QED) is 0.391. The maximum Gasteiger partial charge on any atom is 0.435 e. The van der Waals surface area contributed by atoms with Gasteiger partial charge in [-0.3, -0.25) is 9.00 Å². The normalized spacial score (nSPS) is 26.8. The van der Waals surface area contributed by atoms with E-state index in [1.54, 1.807) is 0 Å². The van der Waals surface area contributed by atoms with Gasteiger partial charge in [-0.1, -0.05) is 24.3 Å². The Labute approximate surface area is 242 Å². The Balaban J connectivity index is 1.66. The first-order valence-corrected chi connectivity index (χ1v) is 16.5. The van der Waals surface area contributed by atoms with Crippen LogP contribution in [0.2, 0.25) is 0 Å². The number of halogens is 7. The van der Waals surface area contributed by atoms with Crippen molar-refractivity contribution in [3.63, 3.8) is 0 Å². The Morgan fingerprint density at radius 2 is 1.57 bits per heavy atom. The second-order valence-corrected chi connectivity index (χ2v) is 15.2. The SMILES string of the molecule is O=C(C1CCS(=O)CC1)N1CCC2(S(=O)(=O)c3ccc(P)cc3)c3ccc(C(F)(C(F)(F)F)C(F)(F)F)cc3NCC12. The van der Waals surface area contributed by atoms with E-state index in [-0.39, 0.29) is 35.9 Å². The van der Waals surface area contributed by atoms with E-state index < -0.39 is 66.6 Å². The Kier molecular flexibility index (Phi) is 7.75. The van der Waals surface area contributed by atoms with Crippen LogP contribution in [0.15, 0.2) is 47.4 Å². The number of likely N-dealkylation sites (tertiary alicyclic amines) is 1. The Morgan fingerprint density at radius 1 is 0.976 bits per heavy atom. The molecule has 2 saturated heterocycles. The highest BCUT2D eigenvalue weighted by Gasteiger charge is 2.74. The largest absolute Gasteiger partial charge is 0.435 e. The molecular weight excluding hydrogens is 632 g/mol. The number of carbonyl (C=O) groups excluding carboxylic acids is 1. The smallest absolute Gasteiger partial charge is 0.383 e. The van der Waals surface area contributed by atoms with Gasteiger partial charge < -0.3 is 10.2 Å². The third-order valence-corrected chi connectivity index (χ3v) is 12.8. The van der Waals surface area contributed by atoms with Crippen molar-refractivity contribution in [3.8, 4) is 0 Å². The molecule has 2 aromatic carbocycles. The van der Waals surface area contributed by atoms with Crippen molar-refractivity contribution in [2.45, 2.75) is 53.0 Å². The number of benzene rings is 2. The number of alkyl halides is 7. The van der Waals surface area contributed by atoms with Gasteiger partial charge >= 0.3 is 18.0 Å². The third-order valence-electron chi connectivity index (χ3n) is 8.47. The number of sulfone groups is 1. The highest BCUT2D eigenvalue weighted by atomic mass is 32.2. The van der Waals surface area contributed by atoms with Gasteiger partial charge in [-0.15, -0.1) is 9.24 Å². The summed E-state index contributed by atoms with van der Waals surface area (Å²) < 4.78 is 135. The van der Waals surface area contributed by atoms with Gasteiger partial charge in [-0.05, 0) is 48.3 Å². The molecule has 42 heavy (non-hydrogen) atoms. The minimum absolute atomic E-state index is 0.0505. The fourth-order valence-electron chi connectivity index (χ4n) is 6.27. The monoisotopic (exact) mass is 658 g/mol. The maximum atomic E-state index is 14.9. The molecule has 0 spiro atoms. The summed E-state index contributed by atoms with van der Waals surface area (Å²) in [6.45, 7) is -0.371. The van der Waals surface area contributed by atoms with E-state index in [9.17, 15) is 48.2 Å². The summed E-state index contributed by atoms with van der Waals surface area (Å²) in [5, 5.41) is 3.35. The van der Waals surface area contributed by atoms with Gasteiger partial charge in [-0.25, -0.2) is 12.8 Å². The van der Waals surface area contributed by atoms with Gasteiger partial charge in [0.25, 0.3) is 0 Å². The van der Waals surface area contributed by atoms with Gasteiger partial charge in [0.2, 0.25) is 5.91 Å². The van der Waals surface area contributed by atoms with Crippen molar-refractivity contribution in [3.05, 3.63) is 53.6 Å². The lowest BCUT2D eigenvalue weighted by atomic mass is 9.83. The van der Waals surface area contributed by atoms with Crippen LogP contribution >= 0.6 is 9.24 Å². The molecule has 3 heterocycles. The summed E-state index contributed by atoms with van der Waals surface area (Å²) in [4.78, 5) is 14.9. The first-order valence-electron chi connectivity index (χ1n) is 12.9. The summed E-state index contributed by atoms with van der Waals surface area (Å²) in [6, 6.07) is 6.08. The van der Waals surface area contributed by atoms with Gasteiger partial charge in [0, 0.05) is 52.6 Å². The van der Waals surface area contributed by atoms with Crippen molar-refractivity contribution >= 4 is 46.8 Å². The van der Waals surface area contributed by atoms with Crippen LogP contribution in [0.5, 0.6) is 0 Å². The molecule has 1 amide bonds. The van der Waals surface area contributed by atoms with Crippen molar-refractivity contribution < 1.29 is 48.2 Å². The molecule has 0 radical (unpaired) electrons. The highest BCUT2D eigenvalue weighted by Crippen LogP contribution is 2.57. The van der Waals surface area contributed by atoms with Crippen LogP contribution in [0.4, 0.5) is 36.4 Å². The Hall–Kier alpha value is -2.25. The molecule has 2 aromatic rings. The molecule has 16 heteroatoms. The van der Waals surface area contributed by atoms with Crippen LogP contribution in [0.3, 0.4) is 0 Å². The molecule has 6 nitrogen and oxygen atoms in total. The number of fused-ring (bicyclic) bond motifs is 3. The van der Waals surface area contributed by atoms with E-state index in [2.05, 4.69) is 14.6 Å². The van der Waals surface area contributed by atoms with Crippen LogP contribution in [0.1, 0.15) is 30.4 Å². The van der Waals surface area contributed by atoms with Crippen LogP contribution in [0.25, 0.3) is 0 Å². The predicted molar refractivity (Wildman–Crippen MR) is 145 cm³/mol. The topological polar surface area (TPSA) is 83.6 Å².